The second kappa shape index (κ2) is 6.73. The van der Waals surface area contributed by atoms with Gasteiger partial charge in [0, 0.05) is 13.5 Å². The second-order valence-corrected chi connectivity index (χ2v) is 5.27. The Morgan fingerprint density at radius 2 is 1.89 bits per heavy atom. The highest BCUT2D eigenvalue weighted by Crippen LogP contribution is 2.15. The molecule has 0 aromatic carbocycles. The topological polar surface area (TPSA) is 67.4 Å². The number of ether oxygens (including phenoxy) is 1. The zero-order chi connectivity index (χ0) is 13.7. The Bertz CT molecular complexity index is 299. The van der Waals surface area contributed by atoms with Crippen LogP contribution in [0.2, 0.25) is 0 Å². The molecule has 1 aliphatic rings. The van der Waals surface area contributed by atoms with Gasteiger partial charge in [0.25, 0.3) is 0 Å². The quantitative estimate of drug-likeness (QED) is 0.765. The molecule has 0 saturated carbocycles. The van der Waals surface area contributed by atoms with Gasteiger partial charge in [-0.05, 0) is 25.7 Å². The molecule has 5 nitrogen and oxygen atoms in total. The summed E-state index contributed by atoms with van der Waals surface area (Å²) in [4.78, 5) is 23.2. The van der Waals surface area contributed by atoms with E-state index in [4.69, 9.17) is 4.74 Å². The minimum absolute atomic E-state index is 0.0185. The standard InChI is InChI=1S/C13H24N2O3/c1-8(2)12(15-10(4)16)13(17)14-9(3)11-6-5-7-18-11/h8-9,11-12H,5-7H2,1-4H3,(H,14,17)(H,15,16)/t9-,11-,12-/m0/s1. The van der Waals surface area contributed by atoms with E-state index in [1.807, 2.05) is 20.8 Å². The fourth-order valence-corrected chi connectivity index (χ4v) is 2.16. The van der Waals surface area contributed by atoms with Crippen LogP contribution in [-0.4, -0.2) is 36.6 Å². The highest BCUT2D eigenvalue weighted by atomic mass is 16.5. The molecule has 1 saturated heterocycles. The van der Waals surface area contributed by atoms with Gasteiger partial charge in [-0.15, -0.1) is 0 Å². The first-order valence-corrected chi connectivity index (χ1v) is 6.61. The first-order chi connectivity index (χ1) is 8.41. The summed E-state index contributed by atoms with van der Waals surface area (Å²) < 4.78 is 5.53. The van der Waals surface area contributed by atoms with Crippen LogP contribution in [0.5, 0.6) is 0 Å². The summed E-state index contributed by atoms with van der Waals surface area (Å²) in [6, 6.07) is -0.499. The lowest BCUT2D eigenvalue weighted by Gasteiger charge is -2.25. The van der Waals surface area contributed by atoms with Crippen molar-refractivity contribution in [3.63, 3.8) is 0 Å². The van der Waals surface area contributed by atoms with E-state index >= 15 is 0 Å². The van der Waals surface area contributed by atoms with Gasteiger partial charge in [-0.2, -0.15) is 0 Å². The van der Waals surface area contributed by atoms with Crippen LogP contribution in [0.3, 0.4) is 0 Å². The summed E-state index contributed by atoms with van der Waals surface area (Å²) in [5.74, 6) is -0.262. The number of hydrogen-bond acceptors (Lipinski definition) is 3. The predicted octanol–water partition coefficient (Wildman–Crippen LogP) is 0.831. The van der Waals surface area contributed by atoms with E-state index in [1.165, 1.54) is 6.92 Å². The molecule has 0 aromatic rings. The van der Waals surface area contributed by atoms with Crippen LogP contribution in [0.1, 0.15) is 40.5 Å². The van der Waals surface area contributed by atoms with Gasteiger partial charge in [0.2, 0.25) is 11.8 Å². The molecule has 1 rings (SSSR count). The lowest BCUT2D eigenvalue weighted by Crippen LogP contribution is -2.53. The van der Waals surface area contributed by atoms with Crippen molar-refractivity contribution in [2.24, 2.45) is 5.92 Å². The van der Waals surface area contributed by atoms with Crippen LogP contribution in [0.15, 0.2) is 0 Å². The monoisotopic (exact) mass is 256 g/mol. The Morgan fingerprint density at radius 3 is 2.33 bits per heavy atom. The van der Waals surface area contributed by atoms with E-state index in [0.717, 1.165) is 19.4 Å². The van der Waals surface area contributed by atoms with E-state index in [2.05, 4.69) is 10.6 Å². The number of nitrogens with one attached hydrogen (secondary N) is 2. The third-order valence-electron chi connectivity index (χ3n) is 3.20. The van der Waals surface area contributed by atoms with Gasteiger partial charge < -0.3 is 15.4 Å². The fourth-order valence-electron chi connectivity index (χ4n) is 2.16. The third kappa shape index (κ3) is 4.29. The summed E-state index contributed by atoms with van der Waals surface area (Å²) >= 11 is 0. The zero-order valence-electron chi connectivity index (χ0n) is 11.7. The van der Waals surface area contributed by atoms with Crippen LogP contribution in [-0.2, 0) is 14.3 Å². The molecule has 0 radical (unpaired) electrons. The average Bonchev–Trinajstić information content (AvgIpc) is 2.78. The van der Waals surface area contributed by atoms with Gasteiger partial charge >= 0.3 is 0 Å². The van der Waals surface area contributed by atoms with Crippen molar-refractivity contribution in [2.75, 3.05) is 6.61 Å². The van der Waals surface area contributed by atoms with Gasteiger partial charge in [-0.1, -0.05) is 13.8 Å². The van der Waals surface area contributed by atoms with Crippen molar-refractivity contribution in [1.29, 1.82) is 0 Å². The van der Waals surface area contributed by atoms with Gasteiger partial charge in [-0.25, -0.2) is 0 Å². The van der Waals surface area contributed by atoms with E-state index in [-0.39, 0.29) is 29.9 Å². The molecule has 104 valence electrons. The minimum Gasteiger partial charge on any atom is -0.376 e. The van der Waals surface area contributed by atoms with Crippen LogP contribution in [0.4, 0.5) is 0 Å². The van der Waals surface area contributed by atoms with Gasteiger partial charge in [-0.3, -0.25) is 9.59 Å². The van der Waals surface area contributed by atoms with Crippen LogP contribution < -0.4 is 10.6 Å². The summed E-state index contributed by atoms with van der Waals surface area (Å²) in [5, 5.41) is 5.61. The maximum atomic E-state index is 12.1. The molecule has 1 fully saturated rings. The number of carbonyl (C=O) groups is 2. The van der Waals surface area contributed by atoms with E-state index in [9.17, 15) is 9.59 Å². The van der Waals surface area contributed by atoms with Crippen molar-refractivity contribution in [3.8, 4) is 0 Å². The Hall–Kier alpha value is -1.10. The van der Waals surface area contributed by atoms with Crippen molar-refractivity contribution in [2.45, 2.75) is 58.7 Å². The molecule has 0 unspecified atom stereocenters. The molecule has 18 heavy (non-hydrogen) atoms. The number of rotatable bonds is 5. The lowest BCUT2D eigenvalue weighted by atomic mass is 10.0. The molecule has 1 heterocycles. The molecule has 3 atom stereocenters. The zero-order valence-corrected chi connectivity index (χ0v) is 11.7. The van der Waals surface area contributed by atoms with Crippen LogP contribution in [0.25, 0.3) is 0 Å². The fraction of sp³-hybridized carbons (Fsp3) is 0.846. The molecule has 0 bridgehead atoms. The van der Waals surface area contributed by atoms with Gasteiger partial charge in [0.1, 0.15) is 6.04 Å². The normalized spacial score (nSPS) is 22.6. The van der Waals surface area contributed by atoms with E-state index in [0.29, 0.717) is 0 Å². The average molecular weight is 256 g/mol. The summed E-state index contributed by atoms with van der Waals surface area (Å²) in [6.07, 6.45) is 2.12. The lowest BCUT2D eigenvalue weighted by molar-refractivity contribution is -0.130. The van der Waals surface area contributed by atoms with Crippen LogP contribution in [0, 0.1) is 5.92 Å². The van der Waals surface area contributed by atoms with Gasteiger partial charge in [0.15, 0.2) is 0 Å². The minimum atomic E-state index is -0.480. The molecule has 2 N–H and O–H groups in total. The van der Waals surface area contributed by atoms with Crippen molar-refractivity contribution < 1.29 is 14.3 Å². The molecular weight excluding hydrogens is 232 g/mol. The first kappa shape index (κ1) is 15.0. The SMILES string of the molecule is CC(=O)N[C@H](C(=O)N[C@@H](C)[C@@H]1CCCO1)C(C)C. The van der Waals surface area contributed by atoms with E-state index < -0.39 is 6.04 Å². The molecule has 0 aliphatic carbocycles. The van der Waals surface area contributed by atoms with Gasteiger partial charge in [0.05, 0.1) is 12.1 Å². The van der Waals surface area contributed by atoms with Crippen LogP contribution >= 0.6 is 0 Å². The highest BCUT2D eigenvalue weighted by molar-refractivity contribution is 5.87. The van der Waals surface area contributed by atoms with Crippen molar-refractivity contribution >= 4 is 11.8 Å². The molecule has 0 aromatic heterocycles. The number of hydrogen-bond donors (Lipinski definition) is 2. The molecule has 1 aliphatic heterocycles. The highest BCUT2D eigenvalue weighted by Gasteiger charge is 2.28. The maximum Gasteiger partial charge on any atom is 0.243 e. The number of carbonyl (C=O) groups excluding carboxylic acids is 2. The summed E-state index contributed by atoms with van der Waals surface area (Å²) in [7, 11) is 0. The molecular formula is C13H24N2O3. The van der Waals surface area contributed by atoms with Crippen molar-refractivity contribution in [1.82, 2.24) is 10.6 Å². The first-order valence-electron chi connectivity index (χ1n) is 6.61. The second-order valence-electron chi connectivity index (χ2n) is 5.27. The largest absolute Gasteiger partial charge is 0.376 e. The Morgan fingerprint density at radius 1 is 1.22 bits per heavy atom. The Balaban J connectivity index is 2.52. The van der Waals surface area contributed by atoms with Crippen molar-refractivity contribution in [3.05, 3.63) is 0 Å². The summed E-state index contributed by atoms with van der Waals surface area (Å²) in [5.41, 5.74) is 0. The molecule has 0 spiro atoms. The van der Waals surface area contributed by atoms with E-state index in [1.54, 1.807) is 0 Å². The third-order valence-corrected chi connectivity index (χ3v) is 3.20. The maximum absolute atomic E-state index is 12.1. The number of amides is 2. The molecule has 5 heteroatoms. The molecule has 2 amide bonds. The Kier molecular flexibility index (Phi) is 5.59. The predicted molar refractivity (Wildman–Crippen MR) is 69.0 cm³/mol. The smallest absolute Gasteiger partial charge is 0.243 e. The Labute approximate surface area is 109 Å². The summed E-state index contributed by atoms with van der Waals surface area (Å²) in [6.45, 7) is 7.96.